The third kappa shape index (κ3) is 3.69. The van der Waals surface area contributed by atoms with Crippen LogP contribution in [0.25, 0.3) is 0 Å². The Balaban J connectivity index is 2.12. The van der Waals surface area contributed by atoms with Crippen LogP contribution in [-0.2, 0) is 5.60 Å². The number of piperidine rings is 1. The fraction of sp³-hybridized carbons (Fsp3) is 0.478. The van der Waals surface area contributed by atoms with Crippen LogP contribution >= 0.6 is 0 Å². The summed E-state index contributed by atoms with van der Waals surface area (Å²) in [5.74, 6) is 2.01. The molecule has 5 nitrogen and oxygen atoms in total. The summed E-state index contributed by atoms with van der Waals surface area (Å²) in [5, 5.41) is 15.7. The fourth-order valence-electron chi connectivity index (χ4n) is 4.42. The third-order valence-corrected chi connectivity index (χ3v) is 6.07. The van der Waals surface area contributed by atoms with Gasteiger partial charge in [0.1, 0.15) is 11.4 Å². The summed E-state index contributed by atoms with van der Waals surface area (Å²) in [4.78, 5) is 0. The maximum atomic E-state index is 12.3. The molecule has 0 spiro atoms. The van der Waals surface area contributed by atoms with Gasteiger partial charge in [0, 0.05) is 11.5 Å². The average Bonchev–Trinajstić information content (AvgIpc) is 2.78. The molecule has 0 aliphatic carbocycles. The molecule has 2 unspecified atom stereocenters. The molecule has 2 aromatic rings. The first kappa shape index (κ1) is 20.5. The lowest BCUT2D eigenvalue weighted by Gasteiger charge is -2.44. The summed E-state index contributed by atoms with van der Waals surface area (Å²) in [6.07, 6.45) is 1.80. The highest BCUT2D eigenvalue weighted by Gasteiger charge is 2.46. The van der Waals surface area contributed by atoms with Gasteiger partial charge in [-0.2, -0.15) is 0 Å². The van der Waals surface area contributed by atoms with E-state index in [1.165, 1.54) is 0 Å². The van der Waals surface area contributed by atoms with Gasteiger partial charge in [0.15, 0.2) is 11.5 Å². The number of hydrogen-bond donors (Lipinski definition) is 2. The van der Waals surface area contributed by atoms with Crippen molar-refractivity contribution in [2.24, 2.45) is 5.92 Å². The van der Waals surface area contributed by atoms with E-state index in [2.05, 4.69) is 12.2 Å². The monoisotopic (exact) mass is 385 g/mol. The highest BCUT2D eigenvalue weighted by atomic mass is 16.5. The van der Waals surface area contributed by atoms with Gasteiger partial charge in [0.25, 0.3) is 0 Å². The SMILES string of the molecule is COc1ccc(C(C)C(O)(c2cccc(OC)c2OC)C2CCNCC2)cc1. The molecule has 1 aliphatic rings. The largest absolute Gasteiger partial charge is 0.497 e. The van der Waals surface area contributed by atoms with Gasteiger partial charge in [0.05, 0.1) is 21.3 Å². The van der Waals surface area contributed by atoms with Gasteiger partial charge in [-0.05, 0) is 55.6 Å². The minimum atomic E-state index is -1.09. The first-order valence-corrected chi connectivity index (χ1v) is 9.84. The molecule has 5 heteroatoms. The van der Waals surface area contributed by atoms with E-state index in [4.69, 9.17) is 14.2 Å². The van der Waals surface area contributed by atoms with Crippen LogP contribution in [0.2, 0.25) is 0 Å². The molecule has 3 rings (SSSR count). The molecule has 28 heavy (non-hydrogen) atoms. The normalized spacial score (nSPS) is 18.2. The van der Waals surface area contributed by atoms with Crippen molar-refractivity contribution < 1.29 is 19.3 Å². The van der Waals surface area contributed by atoms with Gasteiger partial charge in [-0.15, -0.1) is 0 Å². The van der Waals surface area contributed by atoms with Crippen LogP contribution < -0.4 is 19.5 Å². The van der Waals surface area contributed by atoms with Crippen molar-refractivity contribution in [3.8, 4) is 17.2 Å². The highest BCUT2D eigenvalue weighted by molar-refractivity contribution is 5.51. The van der Waals surface area contributed by atoms with Crippen molar-refractivity contribution in [1.29, 1.82) is 0 Å². The summed E-state index contributed by atoms with van der Waals surface area (Å²) >= 11 is 0. The second-order valence-electron chi connectivity index (χ2n) is 7.39. The number of hydrogen-bond acceptors (Lipinski definition) is 5. The van der Waals surface area contributed by atoms with Crippen LogP contribution in [0.3, 0.4) is 0 Å². The quantitative estimate of drug-likeness (QED) is 0.761. The minimum absolute atomic E-state index is 0.104. The summed E-state index contributed by atoms with van der Waals surface area (Å²) in [7, 11) is 4.91. The van der Waals surface area contributed by atoms with Gasteiger partial charge >= 0.3 is 0 Å². The standard InChI is InChI=1S/C23H31NO4/c1-16(17-8-10-19(26-2)11-9-17)23(25,18-12-14-24-15-13-18)20-6-5-7-21(27-3)22(20)28-4/h5-11,16,18,24-25H,12-15H2,1-4H3. The summed E-state index contributed by atoms with van der Waals surface area (Å²) < 4.78 is 16.5. The topological polar surface area (TPSA) is 60.0 Å². The zero-order valence-corrected chi connectivity index (χ0v) is 17.2. The second-order valence-corrected chi connectivity index (χ2v) is 7.39. The molecule has 0 bridgehead atoms. The van der Waals surface area contributed by atoms with E-state index < -0.39 is 5.60 Å². The molecule has 1 fully saturated rings. The van der Waals surface area contributed by atoms with Crippen molar-refractivity contribution in [2.75, 3.05) is 34.4 Å². The molecular weight excluding hydrogens is 354 g/mol. The summed E-state index contributed by atoms with van der Waals surface area (Å²) in [6, 6.07) is 13.7. The number of para-hydroxylation sites is 1. The van der Waals surface area contributed by atoms with E-state index in [-0.39, 0.29) is 11.8 Å². The molecule has 0 radical (unpaired) electrons. The van der Waals surface area contributed by atoms with Crippen LogP contribution in [0.4, 0.5) is 0 Å². The van der Waals surface area contributed by atoms with E-state index >= 15 is 0 Å². The van der Waals surface area contributed by atoms with Gasteiger partial charge in [-0.25, -0.2) is 0 Å². The first-order valence-electron chi connectivity index (χ1n) is 9.84. The summed E-state index contributed by atoms with van der Waals surface area (Å²) in [5.41, 5.74) is 0.757. The molecule has 152 valence electrons. The number of aliphatic hydroxyl groups is 1. The lowest BCUT2D eigenvalue weighted by atomic mass is 9.67. The fourth-order valence-corrected chi connectivity index (χ4v) is 4.42. The minimum Gasteiger partial charge on any atom is -0.497 e. The summed E-state index contributed by atoms with van der Waals surface area (Å²) in [6.45, 7) is 3.88. The Morgan fingerprint density at radius 3 is 2.21 bits per heavy atom. The van der Waals surface area contributed by atoms with Crippen LogP contribution in [0.5, 0.6) is 17.2 Å². The van der Waals surface area contributed by atoms with Gasteiger partial charge < -0.3 is 24.6 Å². The Morgan fingerprint density at radius 2 is 1.64 bits per heavy atom. The molecule has 2 N–H and O–H groups in total. The number of ether oxygens (including phenoxy) is 3. The second kappa shape index (κ2) is 8.84. The zero-order chi connectivity index (χ0) is 20.1. The van der Waals surface area contributed by atoms with Gasteiger partial charge in [0.2, 0.25) is 0 Å². The van der Waals surface area contributed by atoms with Crippen molar-refractivity contribution in [3.63, 3.8) is 0 Å². The Bertz CT molecular complexity index is 771. The van der Waals surface area contributed by atoms with Crippen LogP contribution in [-0.4, -0.2) is 39.5 Å². The number of rotatable bonds is 7. The van der Waals surface area contributed by atoms with Crippen LogP contribution in [0, 0.1) is 5.92 Å². The Hall–Kier alpha value is -2.24. The number of nitrogens with one attached hydrogen (secondary N) is 1. The van der Waals surface area contributed by atoms with Crippen LogP contribution in [0.15, 0.2) is 42.5 Å². The molecule has 1 aliphatic heterocycles. The van der Waals surface area contributed by atoms with Crippen molar-refractivity contribution >= 4 is 0 Å². The number of benzene rings is 2. The molecule has 2 atom stereocenters. The Labute approximate surface area is 167 Å². The smallest absolute Gasteiger partial charge is 0.166 e. The van der Waals surface area contributed by atoms with E-state index in [9.17, 15) is 5.11 Å². The lowest BCUT2D eigenvalue weighted by Crippen LogP contribution is -2.45. The Morgan fingerprint density at radius 1 is 0.964 bits per heavy atom. The molecule has 1 saturated heterocycles. The van der Waals surface area contributed by atoms with Crippen LogP contribution in [0.1, 0.15) is 36.8 Å². The molecule has 0 amide bonds. The van der Waals surface area contributed by atoms with Crippen molar-refractivity contribution in [1.82, 2.24) is 5.32 Å². The van der Waals surface area contributed by atoms with Gasteiger partial charge in [-0.1, -0.05) is 31.2 Å². The van der Waals surface area contributed by atoms with E-state index in [0.29, 0.717) is 11.5 Å². The van der Waals surface area contributed by atoms with E-state index in [0.717, 1.165) is 42.8 Å². The predicted molar refractivity (Wildman–Crippen MR) is 110 cm³/mol. The molecular formula is C23H31NO4. The van der Waals surface area contributed by atoms with E-state index in [1.807, 2.05) is 42.5 Å². The first-order chi connectivity index (χ1) is 13.6. The molecule has 0 aromatic heterocycles. The predicted octanol–water partition coefficient (Wildman–Crippen LogP) is 3.70. The maximum absolute atomic E-state index is 12.3. The van der Waals surface area contributed by atoms with Crippen molar-refractivity contribution in [3.05, 3.63) is 53.6 Å². The Kier molecular flexibility index (Phi) is 6.47. The van der Waals surface area contributed by atoms with Gasteiger partial charge in [-0.3, -0.25) is 0 Å². The third-order valence-electron chi connectivity index (χ3n) is 6.07. The van der Waals surface area contributed by atoms with Crippen molar-refractivity contribution in [2.45, 2.75) is 31.3 Å². The maximum Gasteiger partial charge on any atom is 0.166 e. The molecule has 0 saturated carbocycles. The lowest BCUT2D eigenvalue weighted by molar-refractivity contribution is -0.0578. The molecule has 1 heterocycles. The highest BCUT2D eigenvalue weighted by Crippen LogP contribution is 2.50. The number of methoxy groups -OCH3 is 3. The zero-order valence-electron chi connectivity index (χ0n) is 17.2. The molecule has 2 aromatic carbocycles. The van der Waals surface area contributed by atoms with E-state index in [1.54, 1.807) is 21.3 Å². The average molecular weight is 386 g/mol.